The van der Waals surface area contributed by atoms with Gasteiger partial charge in [0.25, 0.3) is 0 Å². The van der Waals surface area contributed by atoms with Gasteiger partial charge in [-0.2, -0.15) is 0 Å². The number of halogens is 1. The van der Waals surface area contributed by atoms with E-state index in [1.165, 1.54) is 12.1 Å². The average molecular weight is 240 g/mol. The molecule has 1 unspecified atom stereocenters. The van der Waals surface area contributed by atoms with Crippen molar-refractivity contribution in [3.05, 3.63) is 29.6 Å². The lowest BCUT2D eigenvalue weighted by Gasteiger charge is -2.15. The summed E-state index contributed by atoms with van der Waals surface area (Å²) < 4.78 is 18.5. The van der Waals surface area contributed by atoms with Gasteiger partial charge in [0.05, 0.1) is 5.56 Å². The van der Waals surface area contributed by atoms with Crippen LogP contribution in [0.25, 0.3) is 0 Å². The van der Waals surface area contributed by atoms with Crippen molar-refractivity contribution in [3.63, 3.8) is 0 Å². The van der Waals surface area contributed by atoms with Crippen molar-refractivity contribution in [3.8, 4) is 5.75 Å². The second-order valence-electron chi connectivity index (χ2n) is 3.51. The van der Waals surface area contributed by atoms with Gasteiger partial charge in [0.2, 0.25) is 0 Å². The van der Waals surface area contributed by atoms with Gasteiger partial charge in [-0.3, -0.25) is 4.79 Å². The molecule has 0 aliphatic carbocycles. The Morgan fingerprint density at radius 3 is 2.82 bits per heavy atom. The van der Waals surface area contributed by atoms with Crippen LogP contribution in [0.1, 0.15) is 30.1 Å². The molecule has 4 nitrogen and oxygen atoms in total. The highest BCUT2D eigenvalue weighted by Crippen LogP contribution is 2.23. The third kappa shape index (κ3) is 3.27. The molecule has 0 saturated heterocycles. The molecule has 0 saturated carbocycles. The van der Waals surface area contributed by atoms with Crippen molar-refractivity contribution in [1.82, 2.24) is 0 Å². The molecule has 0 fully saturated rings. The van der Waals surface area contributed by atoms with Gasteiger partial charge in [0.1, 0.15) is 0 Å². The standard InChI is InChI=1S/C12H13FO4/c1-2-4-10(12(15)16)17-11-8(7-14)5-3-6-9(11)13/h3,5-7,10H,2,4H2,1H3,(H,15,16). The number of carboxylic acid groups (broad SMARTS) is 1. The number of aldehydes is 1. The molecule has 17 heavy (non-hydrogen) atoms. The summed E-state index contributed by atoms with van der Waals surface area (Å²) in [5.41, 5.74) is 0.00681. The van der Waals surface area contributed by atoms with E-state index in [1.807, 2.05) is 0 Å². The van der Waals surface area contributed by atoms with E-state index in [4.69, 9.17) is 9.84 Å². The lowest BCUT2D eigenvalue weighted by atomic mass is 10.2. The zero-order valence-corrected chi connectivity index (χ0v) is 9.35. The fourth-order valence-electron chi connectivity index (χ4n) is 1.38. The maximum Gasteiger partial charge on any atom is 0.344 e. The number of aliphatic carboxylic acids is 1. The van der Waals surface area contributed by atoms with Crippen molar-refractivity contribution in [2.24, 2.45) is 0 Å². The van der Waals surface area contributed by atoms with E-state index in [1.54, 1.807) is 6.92 Å². The van der Waals surface area contributed by atoms with Crippen molar-refractivity contribution in [2.45, 2.75) is 25.9 Å². The number of para-hydroxylation sites is 1. The van der Waals surface area contributed by atoms with Gasteiger partial charge < -0.3 is 9.84 Å². The van der Waals surface area contributed by atoms with E-state index in [0.29, 0.717) is 12.7 Å². The Hall–Kier alpha value is -1.91. The van der Waals surface area contributed by atoms with Crippen LogP contribution in [-0.2, 0) is 4.79 Å². The third-order valence-corrected chi connectivity index (χ3v) is 2.21. The van der Waals surface area contributed by atoms with Gasteiger partial charge in [0.15, 0.2) is 24.0 Å². The molecule has 0 aliphatic heterocycles. The highest BCUT2D eigenvalue weighted by atomic mass is 19.1. The summed E-state index contributed by atoms with van der Waals surface area (Å²) in [6.07, 6.45) is 0.128. The second-order valence-corrected chi connectivity index (χ2v) is 3.51. The summed E-state index contributed by atoms with van der Waals surface area (Å²) >= 11 is 0. The Labute approximate surface area is 98.0 Å². The van der Waals surface area contributed by atoms with Crippen LogP contribution in [0.2, 0.25) is 0 Å². The SMILES string of the molecule is CCCC(Oc1c(F)cccc1C=O)C(=O)O. The zero-order chi connectivity index (χ0) is 12.8. The van der Waals surface area contributed by atoms with E-state index in [2.05, 4.69) is 0 Å². The number of carbonyl (C=O) groups is 2. The van der Waals surface area contributed by atoms with Crippen LogP contribution < -0.4 is 4.74 Å². The molecule has 0 amide bonds. The summed E-state index contributed by atoms with van der Waals surface area (Å²) in [6, 6.07) is 3.85. The summed E-state index contributed by atoms with van der Waals surface area (Å²) in [5.74, 6) is -2.22. The zero-order valence-electron chi connectivity index (χ0n) is 9.35. The Morgan fingerprint density at radius 1 is 1.59 bits per heavy atom. The maximum absolute atomic E-state index is 13.4. The molecule has 5 heteroatoms. The van der Waals surface area contributed by atoms with Crippen molar-refractivity contribution in [2.75, 3.05) is 0 Å². The van der Waals surface area contributed by atoms with Crippen LogP contribution in [0, 0.1) is 5.82 Å². The van der Waals surface area contributed by atoms with Gasteiger partial charge >= 0.3 is 5.97 Å². The highest BCUT2D eigenvalue weighted by molar-refractivity contribution is 5.80. The minimum Gasteiger partial charge on any atom is -0.479 e. The summed E-state index contributed by atoms with van der Waals surface area (Å²) in [6.45, 7) is 1.79. The average Bonchev–Trinajstić information content (AvgIpc) is 2.30. The maximum atomic E-state index is 13.4. The molecule has 1 rings (SSSR count). The first-order chi connectivity index (χ1) is 8.10. The minimum atomic E-state index is -1.17. The minimum absolute atomic E-state index is 0.00681. The van der Waals surface area contributed by atoms with Crippen LogP contribution in [0.5, 0.6) is 5.75 Å². The van der Waals surface area contributed by atoms with Crippen molar-refractivity contribution < 1.29 is 23.8 Å². The van der Waals surface area contributed by atoms with Crippen LogP contribution in [0.15, 0.2) is 18.2 Å². The molecule has 1 aromatic rings. The monoisotopic (exact) mass is 240 g/mol. The smallest absolute Gasteiger partial charge is 0.344 e. The van der Waals surface area contributed by atoms with Crippen LogP contribution in [0.3, 0.4) is 0 Å². The number of carboxylic acids is 1. The van der Waals surface area contributed by atoms with Gasteiger partial charge in [-0.15, -0.1) is 0 Å². The fraction of sp³-hybridized carbons (Fsp3) is 0.333. The third-order valence-electron chi connectivity index (χ3n) is 2.21. The first kappa shape index (κ1) is 13.2. The Bertz CT molecular complexity index is 417. The van der Waals surface area contributed by atoms with Crippen molar-refractivity contribution in [1.29, 1.82) is 0 Å². The summed E-state index contributed by atoms with van der Waals surface area (Å²) in [4.78, 5) is 21.6. The van der Waals surface area contributed by atoms with E-state index in [-0.39, 0.29) is 17.7 Å². The van der Waals surface area contributed by atoms with E-state index < -0.39 is 17.9 Å². The molecule has 1 N–H and O–H groups in total. The van der Waals surface area contributed by atoms with Gasteiger partial charge in [0, 0.05) is 0 Å². The summed E-state index contributed by atoms with van der Waals surface area (Å²) in [7, 11) is 0. The van der Waals surface area contributed by atoms with E-state index in [0.717, 1.165) is 6.07 Å². The molecule has 1 aromatic carbocycles. The molecule has 0 aromatic heterocycles. The largest absolute Gasteiger partial charge is 0.479 e. The molecule has 0 spiro atoms. The normalized spacial score (nSPS) is 11.9. The Kier molecular flexibility index (Phi) is 4.63. The number of carbonyl (C=O) groups excluding carboxylic acids is 1. The lowest BCUT2D eigenvalue weighted by Crippen LogP contribution is -2.27. The predicted octanol–water partition coefficient (Wildman–Crippen LogP) is 2.27. The first-order valence-corrected chi connectivity index (χ1v) is 5.23. The number of rotatable bonds is 6. The Balaban J connectivity index is 2.99. The number of benzene rings is 1. The molecule has 0 aliphatic rings. The molecule has 0 heterocycles. The van der Waals surface area contributed by atoms with Gasteiger partial charge in [-0.05, 0) is 18.6 Å². The molecule has 0 radical (unpaired) electrons. The second kappa shape index (κ2) is 5.98. The molecule has 1 atom stereocenters. The Morgan fingerprint density at radius 2 is 2.29 bits per heavy atom. The van der Waals surface area contributed by atoms with Crippen LogP contribution >= 0.6 is 0 Å². The molecular weight excluding hydrogens is 227 g/mol. The van der Waals surface area contributed by atoms with Gasteiger partial charge in [-0.1, -0.05) is 19.4 Å². The molecule has 92 valence electrons. The fourth-order valence-corrected chi connectivity index (χ4v) is 1.38. The van der Waals surface area contributed by atoms with Crippen molar-refractivity contribution >= 4 is 12.3 Å². The first-order valence-electron chi connectivity index (χ1n) is 5.23. The topological polar surface area (TPSA) is 63.6 Å². The molecule has 0 bridgehead atoms. The van der Waals surface area contributed by atoms with Crippen LogP contribution in [-0.4, -0.2) is 23.5 Å². The highest BCUT2D eigenvalue weighted by Gasteiger charge is 2.21. The number of hydrogen-bond donors (Lipinski definition) is 1. The molecular formula is C12H13FO4. The lowest BCUT2D eigenvalue weighted by molar-refractivity contribution is -0.145. The van der Waals surface area contributed by atoms with E-state index in [9.17, 15) is 14.0 Å². The number of hydrogen-bond acceptors (Lipinski definition) is 3. The van der Waals surface area contributed by atoms with E-state index >= 15 is 0 Å². The predicted molar refractivity (Wildman–Crippen MR) is 58.7 cm³/mol. The van der Waals surface area contributed by atoms with Crippen LogP contribution in [0.4, 0.5) is 4.39 Å². The number of ether oxygens (including phenoxy) is 1. The quantitative estimate of drug-likeness (QED) is 0.775. The van der Waals surface area contributed by atoms with Gasteiger partial charge in [-0.25, -0.2) is 9.18 Å². The summed E-state index contributed by atoms with van der Waals surface area (Å²) in [5, 5.41) is 8.88.